The number of benzene rings is 1. The van der Waals surface area contributed by atoms with E-state index in [2.05, 4.69) is 31.0 Å². The van der Waals surface area contributed by atoms with Crippen LogP contribution in [0.1, 0.15) is 52.1 Å². The average molecular weight is 319 g/mol. The van der Waals surface area contributed by atoms with Crippen LogP contribution in [0.2, 0.25) is 0 Å². The molecule has 0 aliphatic carbocycles. The highest BCUT2D eigenvalue weighted by Gasteiger charge is 2.13. The van der Waals surface area contributed by atoms with Gasteiger partial charge in [0.2, 0.25) is 0 Å². The van der Waals surface area contributed by atoms with Gasteiger partial charge >= 0.3 is 5.97 Å². The topological polar surface area (TPSA) is 59.4 Å². The van der Waals surface area contributed by atoms with Gasteiger partial charge in [0.25, 0.3) is 0 Å². The second-order valence-electron chi connectivity index (χ2n) is 5.51. The highest BCUT2D eigenvalue weighted by Crippen LogP contribution is 2.21. The molecule has 1 aromatic heterocycles. The maximum atomic E-state index is 11.0. The molecule has 0 radical (unpaired) electrons. The van der Waals surface area contributed by atoms with Crippen molar-refractivity contribution in [3.8, 4) is 5.75 Å². The molecule has 22 heavy (non-hydrogen) atoms. The molecule has 0 atom stereocenters. The van der Waals surface area contributed by atoms with Gasteiger partial charge in [0.1, 0.15) is 10.6 Å². The number of carbonyl (C=O) groups is 1. The van der Waals surface area contributed by atoms with Gasteiger partial charge in [-0.25, -0.2) is 9.78 Å². The predicted molar refractivity (Wildman–Crippen MR) is 88.2 cm³/mol. The normalized spacial score (nSPS) is 10.9. The van der Waals surface area contributed by atoms with Gasteiger partial charge in [0.15, 0.2) is 0 Å². The van der Waals surface area contributed by atoms with Crippen molar-refractivity contribution in [2.24, 2.45) is 0 Å². The van der Waals surface area contributed by atoms with Gasteiger partial charge in [0, 0.05) is 6.42 Å². The molecule has 0 amide bonds. The lowest BCUT2D eigenvalue weighted by atomic mass is 10.0. The van der Waals surface area contributed by atoms with Gasteiger partial charge in [0.05, 0.1) is 17.3 Å². The summed E-state index contributed by atoms with van der Waals surface area (Å²) in [5, 5.41) is 9.87. The fraction of sp³-hybridized carbons (Fsp3) is 0.412. The number of aromatic carboxylic acids is 1. The molecule has 1 heterocycles. The lowest BCUT2D eigenvalue weighted by Crippen LogP contribution is -2.00. The Morgan fingerprint density at radius 3 is 2.82 bits per heavy atom. The van der Waals surface area contributed by atoms with Crippen LogP contribution in [-0.2, 0) is 6.42 Å². The number of carboxylic acids is 1. The first-order valence-electron chi connectivity index (χ1n) is 7.39. The van der Waals surface area contributed by atoms with Gasteiger partial charge in [-0.2, -0.15) is 0 Å². The van der Waals surface area contributed by atoms with Gasteiger partial charge in [-0.1, -0.05) is 26.0 Å². The average Bonchev–Trinajstić information content (AvgIpc) is 2.85. The first kappa shape index (κ1) is 16.5. The summed E-state index contributed by atoms with van der Waals surface area (Å²) in [6.45, 7) is 6.65. The lowest BCUT2D eigenvalue weighted by molar-refractivity contribution is 0.0701. The Bertz CT molecular complexity index is 649. The molecular formula is C17H21NO3S. The first-order valence-corrected chi connectivity index (χ1v) is 8.21. The zero-order valence-corrected chi connectivity index (χ0v) is 13.9. The SMILES string of the molecule is Cc1nc(CCCOc2cccc(C(C)C)c2)sc1C(=O)O. The van der Waals surface area contributed by atoms with Crippen molar-refractivity contribution >= 4 is 17.3 Å². The Morgan fingerprint density at radius 1 is 1.41 bits per heavy atom. The van der Waals surface area contributed by atoms with Crippen LogP contribution in [0.5, 0.6) is 5.75 Å². The third kappa shape index (κ3) is 4.31. The van der Waals surface area contributed by atoms with E-state index in [1.807, 2.05) is 12.1 Å². The van der Waals surface area contributed by atoms with E-state index in [0.29, 0.717) is 23.1 Å². The van der Waals surface area contributed by atoms with Crippen molar-refractivity contribution in [1.29, 1.82) is 0 Å². The highest BCUT2D eigenvalue weighted by atomic mass is 32.1. The standard InChI is InChI=1S/C17H21NO3S/c1-11(2)13-6-4-7-14(10-13)21-9-5-8-15-18-12(3)16(22-15)17(19)20/h4,6-7,10-11H,5,8-9H2,1-3H3,(H,19,20). The van der Waals surface area contributed by atoms with Gasteiger partial charge < -0.3 is 9.84 Å². The van der Waals surface area contributed by atoms with Gasteiger partial charge in [-0.15, -0.1) is 11.3 Å². The van der Waals surface area contributed by atoms with E-state index in [1.165, 1.54) is 16.9 Å². The zero-order valence-electron chi connectivity index (χ0n) is 13.1. The van der Waals surface area contributed by atoms with E-state index in [0.717, 1.165) is 23.6 Å². The van der Waals surface area contributed by atoms with Crippen LogP contribution < -0.4 is 4.74 Å². The van der Waals surface area contributed by atoms with Crippen LogP contribution in [-0.4, -0.2) is 22.7 Å². The summed E-state index contributed by atoms with van der Waals surface area (Å²) in [4.78, 5) is 15.6. The highest BCUT2D eigenvalue weighted by molar-refractivity contribution is 7.13. The molecule has 1 aromatic carbocycles. The summed E-state index contributed by atoms with van der Waals surface area (Å²) in [5.74, 6) is 0.465. The van der Waals surface area contributed by atoms with Crippen LogP contribution in [0, 0.1) is 6.92 Å². The molecule has 0 aliphatic rings. The molecule has 0 bridgehead atoms. The Hall–Kier alpha value is -1.88. The molecule has 5 heteroatoms. The van der Waals surface area contributed by atoms with Crippen LogP contribution >= 0.6 is 11.3 Å². The molecule has 0 fully saturated rings. The molecule has 0 spiro atoms. The largest absolute Gasteiger partial charge is 0.494 e. The third-order valence-electron chi connectivity index (χ3n) is 3.36. The molecule has 2 rings (SSSR count). The number of aromatic nitrogens is 1. The molecule has 1 N–H and O–H groups in total. The Kier molecular flexibility index (Phi) is 5.55. The van der Waals surface area contributed by atoms with Crippen molar-refractivity contribution < 1.29 is 14.6 Å². The minimum absolute atomic E-state index is 0.334. The quantitative estimate of drug-likeness (QED) is 0.774. The van der Waals surface area contributed by atoms with Crippen LogP contribution in [0.15, 0.2) is 24.3 Å². The van der Waals surface area contributed by atoms with Gasteiger partial charge in [-0.05, 0) is 37.0 Å². The van der Waals surface area contributed by atoms with Crippen molar-refractivity contribution in [1.82, 2.24) is 4.98 Å². The number of aryl methyl sites for hydroxylation is 2. The first-order chi connectivity index (χ1) is 10.5. The molecular weight excluding hydrogens is 298 g/mol. The van der Waals surface area contributed by atoms with E-state index in [4.69, 9.17) is 9.84 Å². The summed E-state index contributed by atoms with van der Waals surface area (Å²) in [5.41, 5.74) is 1.86. The maximum absolute atomic E-state index is 11.0. The summed E-state index contributed by atoms with van der Waals surface area (Å²) in [6, 6.07) is 8.14. The van der Waals surface area contributed by atoms with Crippen molar-refractivity contribution in [2.75, 3.05) is 6.61 Å². The van der Waals surface area contributed by atoms with E-state index in [1.54, 1.807) is 6.92 Å². The van der Waals surface area contributed by atoms with Crippen molar-refractivity contribution in [2.45, 2.75) is 39.5 Å². The van der Waals surface area contributed by atoms with Crippen molar-refractivity contribution in [3.63, 3.8) is 0 Å². The summed E-state index contributed by atoms with van der Waals surface area (Å²) < 4.78 is 5.76. The number of carboxylic acid groups (broad SMARTS) is 1. The predicted octanol–water partition coefficient (Wildman–Crippen LogP) is 4.28. The fourth-order valence-corrected chi connectivity index (χ4v) is 3.08. The number of thiazole rings is 1. The number of nitrogens with zero attached hydrogens (tertiary/aromatic N) is 1. The zero-order chi connectivity index (χ0) is 16.1. The van der Waals surface area contributed by atoms with Gasteiger partial charge in [-0.3, -0.25) is 0 Å². The van der Waals surface area contributed by atoms with E-state index in [9.17, 15) is 4.79 Å². The Balaban J connectivity index is 1.83. The number of hydrogen-bond acceptors (Lipinski definition) is 4. The second-order valence-corrected chi connectivity index (χ2v) is 6.59. The summed E-state index contributed by atoms with van der Waals surface area (Å²) in [7, 11) is 0. The van der Waals surface area contributed by atoms with E-state index in [-0.39, 0.29) is 0 Å². The van der Waals surface area contributed by atoms with E-state index >= 15 is 0 Å². The lowest BCUT2D eigenvalue weighted by Gasteiger charge is -2.09. The molecule has 118 valence electrons. The minimum atomic E-state index is -0.900. The molecule has 2 aromatic rings. The summed E-state index contributed by atoms with van der Waals surface area (Å²) >= 11 is 1.25. The minimum Gasteiger partial charge on any atom is -0.494 e. The van der Waals surface area contributed by atoms with E-state index < -0.39 is 5.97 Å². The van der Waals surface area contributed by atoms with Crippen LogP contribution in [0.25, 0.3) is 0 Å². The monoisotopic (exact) mass is 319 g/mol. The smallest absolute Gasteiger partial charge is 0.347 e. The van der Waals surface area contributed by atoms with Crippen molar-refractivity contribution in [3.05, 3.63) is 45.4 Å². The maximum Gasteiger partial charge on any atom is 0.347 e. The van der Waals surface area contributed by atoms with Crippen LogP contribution in [0.3, 0.4) is 0 Å². The van der Waals surface area contributed by atoms with Crippen LogP contribution in [0.4, 0.5) is 0 Å². The number of ether oxygens (including phenoxy) is 1. The summed E-state index contributed by atoms with van der Waals surface area (Å²) in [6.07, 6.45) is 1.56. The second kappa shape index (κ2) is 7.40. The molecule has 4 nitrogen and oxygen atoms in total. The number of hydrogen-bond donors (Lipinski definition) is 1. The molecule has 0 aliphatic heterocycles. The number of rotatable bonds is 7. The molecule has 0 saturated carbocycles. The Labute approximate surface area is 134 Å². The molecule has 0 saturated heterocycles. The fourth-order valence-electron chi connectivity index (χ4n) is 2.13. The third-order valence-corrected chi connectivity index (χ3v) is 4.57. The molecule has 0 unspecified atom stereocenters. The Morgan fingerprint density at radius 2 is 2.18 bits per heavy atom.